The first-order valence-corrected chi connectivity index (χ1v) is 7.03. The number of hydrogen-bond donors (Lipinski definition) is 1. The lowest BCUT2D eigenvalue weighted by Gasteiger charge is -2.29. The molecule has 0 saturated heterocycles. The van der Waals surface area contributed by atoms with E-state index in [1.807, 2.05) is 23.8 Å². The van der Waals surface area contributed by atoms with Gasteiger partial charge in [0.1, 0.15) is 6.04 Å². The van der Waals surface area contributed by atoms with Crippen LogP contribution in [0.1, 0.15) is 38.2 Å². The summed E-state index contributed by atoms with van der Waals surface area (Å²) >= 11 is 1.55. The molecule has 1 aromatic rings. The second kappa shape index (κ2) is 5.10. The zero-order valence-corrected chi connectivity index (χ0v) is 11.3. The first-order valence-electron chi connectivity index (χ1n) is 6.09. The number of carboxylic acid groups (broad SMARTS) is 1. The summed E-state index contributed by atoms with van der Waals surface area (Å²) in [6, 6.07) is 1.29. The number of aliphatic carboxylic acids is 1. The minimum absolute atomic E-state index is 0.0780. The van der Waals surface area contributed by atoms with Crippen LogP contribution in [0, 0.1) is 0 Å². The maximum atomic E-state index is 12.4. The van der Waals surface area contributed by atoms with Crippen molar-refractivity contribution in [2.75, 3.05) is 0 Å². The van der Waals surface area contributed by atoms with Crippen LogP contribution >= 0.6 is 11.3 Å². The highest BCUT2D eigenvalue weighted by atomic mass is 32.1. The summed E-state index contributed by atoms with van der Waals surface area (Å²) in [6.07, 6.45) is 1.83. The summed E-state index contributed by atoms with van der Waals surface area (Å²) in [4.78, 5) is 25.1. The SMILES string of the molecule is CC(C(=O)N(C1CC1)C(C)C(=O)O)c1ccsc1. The van der Waals surface area contributed by atoms with Gasteiger partial charge in [-0.3, -0.25) is 4.79 Å². The maximum Gasteiger partial charge on any atom is 0.326 e. The van der Waals surface area contributed by atoms with Crippen LogP contribution in [0.2, 0.25) is 0 Å². The fraction of sp³-hybridized carbons (Fsp3) is 0.538. The largest absolute Gasteiger partial charge is 0.480 e. The van der Waals surface area contributed by atoms with Crippen molar-refractivity contribution in [3.63, 3.8) is 0 Å². The summed E-state index contributed by atoms with van der Waals surface area (Å²) < 4.78 is 0. The Bertz CT molecular complexity index is 439. The van der Waals surface area contributed by atoms with Crippen LogP contribution in [-0.4, -0.2) is 34.0 Å². The topological polar surface area (TPSA) is 57.6 Å². The Hall–Kier alpha value is -1.36. The monoisotopic (exact) mass is 267 g/mol. The first kappa shape index (κ1) is 13.1. The average Bonchev–Trinajstić information content (AvgIpc) is 3.01. The molecule has 1 aliphatic carbocycles. The van der Waals surface area contributed by atoms with Crippen molar-refractivity contribution in [1.29, 1.82) is 0 Å². The van der Waals surface area contributed by atoms with Gasteiger partial charge < -0.3 is 10.0 Å². The van der Waals surface area contributed by atoms with Gasteiger partial charge in [-0.1, -0.05) is 0 Å². The van der Waals surface area contributed by atoms with Crippen molar-refractivity contribution in [2.24, 2.45) is 0 Å². The van der Waals surface area contributed by atoms with E-state index in [-0.39, 0.29) is 17.9 Å². The number of hydrogen-bond acceptors (Lipinski definition) is 3. The predicted molar refractivity (Wildman–Crippen MR) is 69.7 cm³/mol. The molecule has 0 aliphatic heterocycles. The molecule has 1 heterocycles. The molecule has 2 unspecified atom stereocenters. The van der Waals surface area contributed by atoms with Crippen LogP contribution in [0.25, 0.3) is 0 Å². The van der Waals surface area contributed by atoms with Gasteiger partial charge in [-0.25, -0.2) is 4.79 Å². The van der Waals surface area contributed by atoms with E-state index >= 15 is 0 Å². The van der Waals surface area contributed by atoms with Crippen LogP contribution in [0.5, 0.6) is 0 Å². The Morgan fingerprint density at radius 3 is 2.56 bits per heavy atom. The molecule has 1 N–H and O–H groups in total. The Morgan fingerprint density at radius 1 is 1.44 bits per heavy atom. The lowest BCUT2D eigenvalue weighted by atomic mass is 10.0. The third kappa shape index (κ3) is 2.56. The summed E-state index contributed by atoms with van der Waals surface area (Å²) in [5.41, 5.74) is 0.966. The highest BCUT2D eigenvalue weighted by Gasteiger charge is 2.40. The number of nitrogens with zero attached hydrogens (tertiary/aromatic N) is 1. The normalized spacial score (nSPS) is 18.1. The maximum absolute atomic E-state index is 12.4. The molecule has 2 rings (SSSR count). The molecular weight excluding hydrogens is 250 g/mol. The van der Waals surface area contributed by atoms with E-state index in [1.165, 1.54) is 0 Å². The van der Waals surface area contributed by atoms with Gasteiger partial charge in [0, 0.05) is 6.04 Å². The molecule has 4 nitrogen and oxygen atoms in total. The van der Waals surface area contributed by atoms with Gasteiger partial charge in [-0.05, 0) is 49.1 Å². The Kier molecular flexibility index (Phi) is 3.71. The number of amides is 1. The zero-order chi connectivity index (χ0) is 13.3. The van der Waals surface area contributed by atoms with Gasteiger partial charge in [0.2, 0.25) is 5.91 Å². The Balaban J connectivity index is 2.16. The first-order chi connectivity index (χ1) is 8.52. The van der Waals surface area contributed by atoms with Gasteiger partial charge in [-0.15, -0.1) is 0 Å². The van der Waals surface area contributed by atoms with Crippen molar-refractivity contribution in [2.45, 2.75) is 44.7 Å². The second-order valence-corrected chi connectivity index (χ2v) is 5.55. The molecule has 2 atom stereocenters. The predicted octanol–water partition coefficient (Wildman–Crippen LogP) is 2.32. The van der Waals surface area contributed by atoms with E-state index < -0.39 is 12.0 Å². The highest BCUT2D eigenvalue weighted by Crippen LogP contribution is 2.32. The molecule has 1 fully saturated rings. The third-order valence-electron chi connectivity index (χ3n) is 3.38. The molecule has 5 heteroatoms. The molecule has 0 spiro atoms. The quantitative estimate of drug-likeness (QED) is 0.890. The number of thiophene rings is 1. The fourth-order valence-corrected chi connectivity index (χ4v) is 2.80. The van der Waals surface area contributed by atoms with Gasteiger partial charge in [0.05, 0.1) is 5.92 Å². The fourth-order valence-electron chi connectivity index (χ4n) is 2.05. The molecule has 1 aromatic heterocycles. The minimum atomic E-state index is -0.937. The van der Waals surface area contributed by atoms with Crippen LogP contribution in [0.3, 0.4) is 0 Å². The minimum Gasteiger partial charge on any atom is -0.480 e. The van der Waals surface area contributed by atoms with Crippen molar-refractivity contribution in [3.8, 4) is 0 Å². The second-order valence-electron chi connectivity index (χ2n) is 4.77. The molecule has 0 radical (unpaired) electrons. The number of carbonyl (C=O) groups is 2. The molecule has 1 aliphatic rings. The van der Waals surface area contributed by atoms with E-state index in [0.717, 1.165) is 18.4 Å². The zero-order valence-electron chi connectivity index (χ0n) is 10.5. The molecule has 18 heavy (non-hydrogen) atoms. The van der Waals surface area contributed by atoms with E-state index in [4.69, 9.17) is 5.11 Å². The number of carboxylic acids is 1. The van der Waals surface area contributed by atoms with E-state index in [2.05, 4.69) is 0 Å². The molecule has 0 aromatic carbocycles. The van der Waals surface area contributed by atoms with Gasteiger partial charge in [0.15, 0.2) is 0 Å². The van der Waals surface area contributed by atoms with Crippen molar-refractivity contribution >= 4 is 23.2 Å². The molecular formula is C13H17NO3S. The van der Waals surface area contributed by atoms with Gasteiger partial charge in [0.25, 0.3) is 0 Å². The van der Waals surface area contributed by atoms with E-state index in [9.17, 15) is 9.59 Å². The Labute approximate surface area is 110 Å². The molecule has 0 bridgehead atoms. The van der Waals surface area contributed by atoms with Crippen LogP contribution in [0.4, 0.5) is 0 Å². The average molecular weight is 267 g/mol. The van der Waals surface area contributed by atoms with Crippen LogP contribution < -0.4 is 0 Å². The van der Waals surface area contributed by atoms with Crippen LogP contribution in [-0.2, 0) is 9.59 Å². The lowest BCUT2D eigenvalue weighted by Crippen LogP contribution is -2.46. The summed E-state index contributed by atoms with van der Waals surface area (Å²) in [5, 5.41) is 13.0. The van der Waals surface area contributed by atoms with E-state index in [0.29, 0.717) is 0 Å². The van der Waals surface area contributed by atoms with Gasteiger partial charge in [-0.2, -0.15) is 11.3 Å². The van der Waals surface area contributed by atoms with Crippen molar-refractivity contribution in [1.82, 2.24) is 4.90 Å². The van der Waals surface area contributed by atoms with Crippen molar-refractivity contribution in [3.05, 3.63) is 22.4 Å². The van der Waals surface area contributed by atoms with E-state index in [1.54, 1.807) is 23.2 Å². The molecule has 1 saturated carbocycles. The summed E-state index contributed by atoms with van der Waals surface area (Å²) in [7, 11) is 0. The number of carbonyl (C=O) groups excluding carboxylic acids is 1. The summed E-state index contributed by atoms with van der Waals surface area (Å²) in [6.45, 7) is 3.42. The van der Waals surface area contributed by atoms with Crippen LogP contribution in [0.15, 0.2) is 16.8 Å². The van der Waals surface area contributed by atoms with Gasteiger partial charge >= 0.3 is 5.97 Å². The highest BCUT2D eigenvalue weighted by molar-refractivity contribution is 7.08. The van der Waals surface area contributed by atoms with Crippen molar-refractivity contribution < 1.29 is 14.7 Å². The lowest BCUT2D eigenvalue weighted by molar-refractivity contribution is -0.150. The standard InChI is InChI=1S/C13H17NO3S/c1-8(10-5-6-18-7-10)12(15)14(11-3-4-11)9(2)13(16)17/h5-9,11H,3-4H2,1-2H3,(H,16,17). The number of rotatable bonds is 5. The third-order valence-corrected chi connectivity index (χ3v) is 4.08. The Morgan fingerprint density at radius 2 is 2.11 bits per heavy atom. The smallest absolute Gasteiger partial charge is 0.326 e. The molecule has 98 valence electrons. The molecule has 1 amide bonds. The summed E-state index contributed by atoms with van der Waals surface area (Å²) in [5.74, 6) is -1.28.